The zero-order valence-corrected chi connectivity index (χ0v) is 21.4. The van der Waals surface area contributed by atoms with E-state index in [1.54, 1.807) is 0 Å². The minimum Gasteiger partial charge on any atom is -0.693 e. The van der Waals surface area contributed by atoms with E-state index in [1.165, 1.54) is 27.8 Å². The van der Waals surface area contributed by atoms with Gasteiger partial charge in [0.05, 0.1) is 0 Å². The fraction of sp³-hybridized carbons (Fsp3) is 0.227. The molecular weight excluding hydrogens is 528 g/mol. The molecule has 0 heterocycles. The van der Waals surface area contributed by atoms with E-state index in [0.717, 1.165) is 0 Å². The third-order valence-electron chi connectivity index (χ3n) is 4.03. The summed E-state index contributed by atoms with van der Waals surface area (Å²) >= 11 is 0. The van der Waals surface area contributed by atoms with Crippen LogP contribution in [-0.4, -0.2) is 0 Å². The normalized spacial score (nSPS) is 7.73. The molecule has 0 aliphatic carbocycles. The molecule has 2 N–H and O–H groups in total. The van der Waals surface area contributed by atoms with Crippen LogP contribution in [0.5, 0.6) is 0 Å². The molecule has 3 rings (SSSR count). The topological polar surface area (TPSA) is 33.5 Å². The van der Waals surface area contributed by atoms with Crippen LogP contribution >= 0.6 is 24.8 Å². The zero-order valence-electron chi connectivity index (χ0n) is 16.2. The Hall–Kier alpha value is -0.800. The van der Waals surface area contributed by atoms with Crippen LogP contribution in [0.4, 0.5) is 0 Å². The van der Waals surface area contributed by atoms with E-state index in [2.05, 4.69) is 46.8 Å². The molecule has 0 radical (unpaired) electrons. The molecule has 0 saturated heterocycles. The fourth-order valence-corrected chi connectivity index (χ4v) is 2.09. The number of rotatable bonds is 0. The summed E-state index contributed by atoms with van der Waals surface area (Å²) in [6.07, 6.45) is 0. The van der Waals surface area contributed by atoms with Crippen LogP contribution in [0.3, 0.4) is 0 Å². The minimum atomic E-state index is 0. The van der Waals surface area contributed by atoms with Crippen LogP contribution in [0, 0.1) is 46.8 Å². The van der Waals surface area contributed by atoms with Crippen LogP contribution in [0.25, 0.3) is 6.15 Å². The SMILES string of the molecule is Cc1c(C)c(C)[c-](C)c1C.Cl.Cl.[Hf+4].[NH2-].[c-]1ccccc1.[c-]1ccccc1. The Bertz CT molecular complexity index is 488. The zero-order chi connectivity index (χ0) is 16.4. The Kier molecular flexibility index (Phi) is 24.0. The fourth-order valence-electron chi connectivity index (χ4n) is 2.09. The molecule has 0 amide bonds. The number of nitrogens with two attached hydrogens (primary N) is 1. The van der Waals surface area contributed by atoms with Crippen LogP contribution in [0.2, 0.25) is 0 Å². The van der Waals surface area contributed by atoms with E-state index in [4.69, 9.17) is 0 Å². The summed E-state index contributed by atoms with van der Waals surface area (Å²) in [6.45, 7) is 11.0. The maximum atomic E-state index is 2.89. The first-order valence-electron chi connectivity index (χ1n) is 7.57. The summed E-state index contributed by atoms with van der Waals surface area (Å²) in [4.78, 5) is 0. The van der Waals surface area contributed by atoms with Crippen molar-refractivity contribution in [2.75, 3.05) is 0 Å². The average Bonchev–Trinajstić information content (AvgIpc) is 2.77. The van der Waals surface area contributed by atoms with Crippen LogP contribution in [0.15, 0.2) is 60.7 Å². The van der Waals surface area contributed by atoms with E-state index in [1.807, 2.05) is 60.7 Å². The Morgan fingerprint density at radius 2 is 0.885 bits per heavy atom. The molecule has 3 aromatic rings. The van der Waals surface area contributed by atoms with Crippen molar-refractivity contribution in [1.29, 1.82) is 0 Å². The second-order valence-corrected chi connectivity index (χ2v) is 5.28. The molecule has 0 aliphatic rings. The molecule has 0 bridgehead atoms. The monoisotopic (exact) mass is 557 g/mol. The molecule has 4 heteroatoms. The molecule has 140 valence electrons. The molecular formula is C22H29Cl2HfN. The molecule has 26 heavy (non-hydrogen) atoms. The second-order valence-electron chi connectivity index (χ2n) is 5.28. The van der Waals surface area contributed by atoms with Gasteiger partial charge in [0.25, 0.3) is 0 Å². The molecule has 0 aromatic heterocycles. The van der Waals surface area contributed by atoms with Crippen molar-refractivity contribution >= 4 is 24.8 Å². The molecule has 0 saturated carbocycles. The first-order chi connectivity index (χ1) is 10.6. The van der Waals surface area contributed by atoms with Gasteiger partial charge < -0.3 is 6.15 Å². The average molecular weight is 557 g/mol. The number of halogens is 2. The Labute approximate surface area is 191 Å². The van der Waals surface area contributed by atoms with Gasteiger partial charge in [0, 0.05) is 0 Å². The van der Waals surface area contributed by atoms with Crippen molar-refractivity contribution in [3.05, 3.63) is 107 Å². The van der Waals surface area contributed by atoms with Gasteiger partial charge in [0.2, 0.25) is 0 Å². The van der Waals surface area contributed by atoms with Gasteiger partial charge >= 0.3 is 25.8 Å². The van der Waals surface area contributed by atoms with Gasteiger partial charge in [-0.3, -0.25) is 0 Å². The van der Waals surface area contributed by atoms with Gasteiger partial charge in [-0.25, -0.2) is 0 Å². The molecule has 0 atom stereocenters. The standard InChI is InChI=1S/C10H15.2C6H5.2ClH.Hf.H2N/c1-6-7(2)9(4)10(5)8(6)3;2*1-2-4-6-5-3-1;;;;/h1-5H3;2*1-5H;2*1H;;1H2/q3*-1;;;+4;-1. The molecule has 1 nitrogen and oxygen atoms in total. The third kappa shape index (κ3) is 11.7. The van der Waals surface area contributed by atoms with Crippen LogP contribution in [-0.2, 0) is 25.8 Å². The van der Waals surface area contributed by atoms with Gasteiger partial charge in [-0.1, -0.05) is 34.6 Å². The largest absolute Gasteiger partial charge is 4.00 e. The second kappa shape index (κ2) is 19.0. The van der Waals surface area contributed by atoms with Crippen molar-refractivity contribution < 1.29 is 25.8 Å². The maximum Gasteiger partial charge on any atom is 4.00 e. The van der Waals surface area contributed by atoms with Gasteiger partial charge in [-0.2, -0.15) is 101 Å². The van der Waals surface area contributed by atoms with E-state index < -0.39 is 0 Å². The van der Waals surface area contributed by atoms with Crippen molar-refractivity contribution in [2.24, 2.45) is 0 Å². The van der Waals surface area contributed by atoms with E-state index in [0.29, 0.717) is 0 Å². The molecule has 0 aliphatic heterocycles. The summed E-state index contributed by atoms with van der Waals surface area (Å²) in [5.74, 6) is 0. The van der Waals surface area contributed by atoms with Crippen LogP contribution < -0.4 is 0 Å². The predicted octanol–water partition coefficient (Wildman–Crippen LogP) is 7.48. The van der Waals surface area contributed by atoms with Crippen molar-refractivity contribution in [3.63, 3.8) is 0 Å². The molecule has 0 spiro atoms. The maximum absolute atomic E-state index is 2.89. The Balaban J connectivity index is -0.000000135. The van der Waals surface area contributed by atoms with Gasteiger partial charge in [-0.05, 0) is 0 Å². The quantitative estimate of drug-likeness (QED) is 0.203. The summed E-state index contributed by atoms with van der Waals surface area (Å²) in [6, 6.07) is 25.0. The summed E-state index contributed by atoms with van der Waals surface area (Å²) in [7, 11) is 0. The molecule has 3 aromatic carbocycles. The van der Waals surface area contributed by atoms with E-state index >= 15 is 0 Å². The predicted molar refractivity (Wildman–Crippen MR) is 116 cm³/mol. The first-order valence-corrected chi connectivity index (χ1v) is 7.57. The van der Waals surface area contributed by atoms with E-state index in [9.17, 15) is 0 Å². The molecule has 0 unspecified atom stereocenters. The third-order valence-corrected chi connectivity index (χ3v) is 4.03. The van der Waals surface area contributed by atoms with E-state index in [-0.39, 0.29) is 56.8 Å². The Morgan fingerprint density at radius 3 is 0.962 bits per heavy atom. The van der Waals surface area contributed by atoms with Gasteiger partial charge in [0.15, 0.2) is 0 Å². The smallest absolute Gasteiger partial charge is 0.693 e. The summed E-state index contributed by atoms with van der Waals surface area (Å²) in [5.41, 5.74) is 7.34. The summed E-state index contributed by atoms with van der Waals surface area (Å²) < 4.78 is 0. The number of hydrogen-bond acceptors (Lipinski definition) is 0. The van der Waals surface area contributed by atoms with Crippen molar-refractivity contribution in [1.82, 2.24) is 0 Å². The first kappa shape index (κ1) is 32.8. The van der Waals surface area contributed by atoms with Gasteiger partial charge in [0.1, 0.15) is 0 Å². The van der Waals surface area contributed by atoms with Crippen LogP contribution in [0.1, 0.15) is 27.8 Å². The minimum absolute atomic E-state index is 0. The van der Waals surface area contributed by atoms with Gasteiger partial charge in [-0.15, -0.1) is 24.8 Å². The van der Waals surface area contributed by atoms with Crippen molar-refractivity contribution in [3.8, 4) is 0 Å². The number of benzene rings is 2. The van der Waals surface area contributed by atoms with Crippen molar-refractivity contribution in [2.45, 2.75) is 34.6 Å². The Morgan fingerprint density at radius 1 is 0.615 bits per heavy atom. The number of hydrogen-bond donors (Lipinski definition) is 0. The summed E-state index contributed by atoms with van der Waals surface area (Å²) in [5, 5.41) is 0. The molecule has 0 fully saturated rings.